The van der Waals surface area contributed by atoms with E-state index in [1.165, 1.54) is 0 Å². The molecule has 0 aliphatic carbocycles. The highest BCUT2D eigenvalue weighted by atomic mass is 16.5. The lowest BCUT2D eigenvalue weighted by atomic mass is 10.1. The Bertz CT molecular complexity index is 138. The Morgan fingerprint density at radius 2 is 1.92 bits per heavy atom. The molecule has 0 unspecified atom stereocenters. The molecule has 0 saturated carbocycles. The number of hydrogen-bond acceptors (Lipinski definition) is 3. The lowest BCUT2D eigenvalue weighted by Crippen LogP contribution is -2.13. The Morgan fingerprint density at radius 1 is 1.33 bits per heavy atom. The molecule has 0 amide bonds. The number of carbonyl (C=O) groups is 1. The molecular formula is C8H14O4. The summed E-state index contributed by atoms with van der Waals surface area (Å²) in [7, 11) is 0. The molecule has 0 radical (unpaired) electrons. The molecule has 1 aliphatic rings. The average Bonchev–Trinajstić information content (AvgIpc) is 2.28. The van der Waals surface area contributed by atoms with Crippen molar-refractivity contribution in [2.24, 2.45) is 5.92 Å². The van der Waals surface area contributed by atoms with Crippen LogP contribution < -0.4 is 0 Å². The van der Waals surface area contributed by atoms with Crippen molar-refractivity contribution in [2.75, 3.05) is 26.4 Å². The van der Waals surface area contributed by atoms with Crippen molar-refractivity contribution in [3.8, 4) is 0 Å². The lowest BCUT2D eigenvalue weighted by molar-refractivity contribution is -0.137. The van der Waals surface area contributed by atoms with Crippen molar-refractivity contribution < 1.29 is 19.4 Å². The van der Waals surface area contributed by atoms with Crippen molar-refractivity contribution in [1.29, 1.82) is 0 Å². The van der Waals surface area contributed by atoms with Gasteiger partial charge in [0.15, 0.2) is 0 Å². The summed E-state index contributed by atoms with van der Waals surface area (Å²) in [5.41, 5.74) is 0. The predicted molar refractivity (Wildman–Crippen MR) is 42.0 cm³/mol. The summed E-state index contributed by atoms with van der Waals surface area (Å²) in [6, 6.07) is 0. The van der Waals surface area contributed by atoms with E-state index >= 15 is 0 Å². The van der Waals surface area contributed by atoms with Gasteiger partial charge in [0, 0.05) is 12.3 Å². The minimum absolute atomic E-state index is 0.206. The predicted octanol–water partition coefficient (Wildman–Crippen LogP) is 0.514. The van der Waals surface area contributed by atoms with Crippen molar-refractivity contribution in [3.63, 3.8) is 0 Å². The number of aliphatic carboxylic acids is 1. The Hall–Kier alpha value is -0.610. The molecule has 4 heteroatoms. The molecule has 1 rings (SSSR count). The molecule has 12 heavy (non-hydrogen) atoms. The monoisotopic (exact) mass is 174 g/mol. The van der Waals surface area contributed by atoms with Gasteiger partial charge >= 0.3 is 5.97 Å². The molecular weight excluding hydrogens is 160 g/mol. The van der Waals surface area contributed by atoms with E-state index in [2.05, 4.69) is 0 Å². The topological polar surface area (TPSA) is 55.8 Å². The zero-order valence-corrected chi connectivity index (χ0v) is 6.99. The summed E-state index contributed by atoms with van der Waals surface area (Å²) < 4.78 is 10.4. The van der Waals surface area contributed by atoms with Crippen LogP contribution in [-0.4, -0.2) is 37.5 Å². The highest BCUT2D eigenvalue weighted by molar-refractivity contribution is 5.66. The van der Waals surface area contributed by atoms with Gasteiger partial charge in [0.25, 0.3) is 0 Å². The Morgan fingerprint density at radius 3 is 2.42 bits per heavy atom. The van der Waals surface area contributed by atoms with E-state index in [0.29, 0.717) is 32.8 Å². The first-order valence-electron chi connectivity index (χ1n) is 4.16. The molecule has 0 aromatic rings. The third kappa shape index (κ3) is 3.69. The van der Waals surface area contributed by atoms with Crippen molar-refractivity contribution in [2.45, 2.75) is 12.8 Å². The molecule has 1 N–H and O–H groups in total. The fourth-order valence-electron chi connectivity index (χ4n) is 1.16. The van der Waals surface area contributed by atoms with Gasteiger partial charge in [-0.05, 0) is 6.42 Å². The maximum Gasteiger partial charge on any atom is 0.303 e. The maximum absolute atomic E-state index is 10.2. The van der Waals surface area contributed by atoms with Gasteiger partial charge in [-0.2, -0.15) is 0 Å². The maximum atomic E-state index is 10.2. The summed E-state index contributed by atoms with van der Waals surface area (Å²) >= 11 is 0. The minimum atomic E-state index is -0.751. The number of ether oxygens (including phenoxy) is 2. The van der Waals surface area contributed by atoms with Crippen LogP contribution in [0, 0.1) is 5.92 Å². The van der Waals surface area contributed by atoms with Crippen LogP contribution in [0.4, 0.5) is 0 Å². The average molecular weight is 174 g/mol. The summed E-state index contributed by atoms with van der Waals surface area (Å²) in [4.78, 5) is 10.2. The second-order valence-corrected chi connectivity index (χ2v) is 2.95. The summed E-state index contributed by atoms with van der Waals surface area (Å²) in [6.07, 6.45) is 0.854. The van der Waals surface area contributed by atoms with E-state index in [1.807, 2.05) is 0 Å². The van der Waals surface area contributed by atoms with Crippen LogP contribution in [0.2, 0.25) is 0 Å². The Balaban J connectivity index is 2.16. The first kappa shape index (κ1) is 9.48. The lowest BCUT2D eigenvalue weighted by Gasteiger charge is -2.10. The van der Waals surface area contributed by atoms with Crippen LogP contribution in [0.3, 0.4) is 0 Å². The smallest absolute Gasteiger partial charge is 0.303 e. The second kappa shape index (κ2) is 5.11. The van der Waals surface area contributed by atoms with Gasteiger partial charge in [-0.15, -0.1) is 0 Å². The fourth-order valence-corrected chi connectivity index (χ4v) is 1.16. The van der Waals surface area contributed by atoms with Crippen LogP contribution in [0.1, 0.15) is 12.8 Å². The molecule has 0 spiro atoms. The SMILES string of the molecule is O=C(O)CCC1COCCOC1. The van der Waals surface area contributed by atoms with Crippen LogP contribution in [-0.2, 0) is 14.3 Å². The van der Waals surface area contributed by atoms with Crippen molar-refractivity contribution >= 4 is 5.97 Å². The number of carboxylic acids is 1. The van der Waals surface area contributed by atoms with Crippen molar-refractivity contribution in [1.82, 2.24) is 0 Å². The van der Waals surface area contributed by atoms with E-state index in [0.717, 1.165) is 0 Å². The molecule has 4 nitrogen and oxygen atoms in total. The van der Waals surface area contributed by atoms with Gasteiger partial charge in [0.2, 0.25) is 0 Å². The van der Waals surface area contributed by atoms with Crippen LogP contribution >= 0.6 is 0 Å². The highest BCUT2D eigenvalue weighted by Gasteiger charge is 2.13. The third-order valence-electron chi connectivity index (χ3n) is 1.85. The van der Waals surface area contributed by atoms with Gasteiger partial charge in [-0.3, -0.25) is 4.79 Å². The summed E-state index contributed by atoms with van der Waals surface area (Å²) in [6.45, 7) is 2.52. The Labute approximate surface area is 71.5 Å². The molecule has 0 aromatic heterocycles. The second-order valence-electron chi connectivity index (χ2n) is 2.95. The Kier molecular flexibility index (Phi) is 4.04. The summed E-state index contributed by atoms with van der Waals surface area (Å²) in [5, 5.41) is 8.43. The van der Waals surface area contributed by atoms with Crippen LogP contribution in [0.5, 0.6) is 0 Å². The molecule has 70 valence electrons. The molecule has 0 bridgehead atoms. The van der Waals surface area contributed by atoms with E-state index in [-0.39, 0.29) is 12.3 Å². The van der Waals surface area contributed by atoms with Crippen molar-refractivity contribution in [3.05, 3.63) is 0 Å². The molecule has 1 heterocycles. The van der Waals surface area contributed by atoms with Gasteiger partial charge in [-0.25, -0.2) is 0 Å². The highest BCUT2D eigenvalue weighted by Crippen LogP contribution is 2.10. The van der Waals surface area contributed by atoms with Crippen LogP contribution in [0.25, 0.3) is 0 Å². The molecule has 1 saturated heterocycles. The van der Waals surface area contributed by atoms with E-state index in [9.17, 15) is 4.79 Å². The third-order valence-corrected chi connectivity index (χ3v) is 1.85. The standard InChI is InChI=1S/C8H14O4/c9-8(10)2-1-7-5-11-3-4-12-6-7/h7H,1-6H2,(H,9,10). The zero-order chi connectivity index (χ0) is 8.81. The van der Waals surface area contributed by atoms with Crippen LogP contribution in [0.15, 0.2) is 0 Å². The van der Waals surface area contributed by atoms with E-state index in [1.54, 1.807) is 0 Å². The fraction of sp³-hybridized carbons (Fsp3) is 0.875. The number of hydrogen-bond donors (Lipinski definition) is 1. The number of rotatable bonds is 3. The van der Waals surface area contributed by atoms with Gasteiger partial charge < -0.3 is 14.6 Å². The number of carboxylic acid groups (broad SMARTS) is 1. The van der Waals surface area contributed by atoms with Gasteiger partial charge in [0.1, 0.15) is 0 Å². The zero-order valence-electron chi connectivity index (χ0n) is 6.99. The molecule has 1 fully saturated rings. The minimum Gasteiger partial charge on any atom is -0.481 e. The first-order valence-corrected chi connectivity index (χ1v) is 4.16. The molecule has 0 aromatic carbocycles. The quantitative estimate of drug-likeness (QED) is 0.677. The van der Waals surface area contributed by atoms with E-state index < -0.39 is 5.97 Å². The molecule has 0 atom stereocenters. The van der Waals surface area contributed by atoms with Gasteiger partial charge in [-0.1, -0.05) is 0 Å². The van der Waals surface area contributed by atoms with E-state index in [4.69, 9.17) is 14.6 Å². The normalized spacial score (nSPS) is 20.3. The van der Waals surface area contributed by atoms with Gasteiger partial charge in [0.05, 0.1) is 26.4 Å². The summed E-state index contributed by atoms with van der Waals surface area (Å²) in [5.74, 6) is -0.497. The molecule has 1 aliphatic heterocycles. The largest absolute Gasteiger partial charge is 0.481 e. The first-order chi connectivity index (χ1) is 5.79.